The molecule has 2 heterocycles. The van der Waals surface area contributed by atoms with Crippen molar-refractivity contribution in [1.82, 2.24) is 10.3 Å². The number of thiophene rings is 1. The quantitative estimate of drug-likeness (QED) is 0.566. The van der Waals surface area contributed by atoms with Crippen molar-refractivity contribution in [3.8, 4) is 0 Å². The van der Waals surface area contributed by atoms with Crippen LogP contribution in [0.15, 0.2) is 24.3 Å². The number of hydrogen-bond acceptors (Lipinski definition) is 5. The molecule has 2 rings (SSSR count). The molecule has 2 aromatic rings. The van der Waals surface area contributed by atoms with Crippen LogP contribution in [0.4, 0.5) is 5.82 Å². The molecule has 21 heavy (non-hydrogen) atoms. The molecule has 0 aliphatic heterocycles. The molecule has 0 saturated heterocycles. The monoisotopic (exact) mass is 304 g/mol. The number of carbonyl (C=O) groups is 1. The number of hydrazine groups is 1. The van der Waals surface area contributed by atoms with E-state index in [0.29, 0.717) is 17.9 Å². The topological polar surface area (TPSA) is 80.0 Å². The largest absolute Gasteiger partial charge is 0.347 e. The maximum atomic E-state index is 12.2. The molecule has 1 amide bonds. The average Bonchev–Trinajstić information content (AvgIpc) is 2.90. The van der Waals surface area contributed by atoms with E-state index in [-0.39, 0.29) is 5.91 Å². The van der Waals surface area contributed by atoms with E-state index in [2.05, 4.69) is 29.6 Å². The summed E-state index contributed by atoms with van der Waals surface area (Å²) in [6.45, 7) is 4.66. The predicted molar refractivity (Wildman–Crippen MR) is 86.3 cm³/mol. The third kappa shape index (κ3) is 4.27. The Balaban J connectivity index is 2.08. The molecule has 0 saturated carbocycles. The Morgan fingerprint density at radius 2 is 2.19 bits per heavy atom. The van der Waals surface area contributed by atoms with E-state index in [1.165, 1.54) is 4.88 Å². The number of pyridine rings is 1. The van der Waals surface area contributed by atoms with Crippen LogP contribution in [0.25, 0.3) is 0 Å². The van der Waals surface area contributed by atoms with Gasteiger partial charge in [-0.15, -0.1) is 11.3 Å². The zero-order chi connectivity index (χ0) is 15.2. The molecule has 0 atom stereocenters. The number of rotatable bonds is 6. The summed E-state index contributed by atoms with van der Waals surface area (Å²) in [5.41, 5.74) is 3.95. The molecular weight excluding hydrogens is 284 g/mol. The maximum absolute atomic E-state index is 12.2. The highest BCUT2D eigenvalue weighted by molar-refractivity contribution is 7.11. The standard InChI is InChI=1S/C15H20N4OS/c1-3-4-12-7-11(8-14(18-12)19-16)15(20)17-9-13-6-5-10(2)21-13/h5-8H,3-4,9,16H2,1-2H3,(H,17,20)(H,18,19). The Morgan fingerprint density at radius 3 is 2.81 bits per heavy atom. The van der Waals surface area contributed by atoms with Crippen LogP contribution in [0.5, 0.6) is 0 Å². The zero-order valence-corrected chi connectivity index (χ0v) is 13.1. The van der Waals surface area contributed by atoms with E-state index >= 15 is 0 Å². The van der Waals surface area contributed by atoms with E-state index in [1.807, 2.05) is 18.2 Å². The van der Waals surface area contributed by atoms with Crippen molar-refractivity contribution >= 4 is 23.1 Å². The number of carbonyl (C=O) groups excluding carboxylic acids is 1. The molecule has 0 bridgehead atoms. The fraction of sp³-hybridized carbons (Fsp3) is 0.333. The Bertz CT molecular complexity index is 624. The third-order valence-corrected chi connectivity index (χ3v) is 4.01. The van der Waals surface area contributed by atoms with Crippen molar-refractivity contribution in [3.05, 3.63) is 45.3 Å². The Labute approximate surface area is 128 Å². The smallest absolute Gasteiger partial charge is 0.251 e. The average molecular weight is 304 g/mol. The first-order chi connectivity index (χ1) is 10.1. The Morgan fingerprint density at radius 1 is 1.38 bits per heavy atom. The van der Waals surface area contributed by atoms with E-state index in [4.69, 9.17) is 5.84 Å². The van der Waals surface area contributed by atoms with Crippen molar-refractivity contribution in [2.45, 2.75) is 33.2 Å². The van der Waals surface area contributed by atoms with Crippen molar-refractivity contribution in [2.75, 3.05) is 5.43 Å². The first-order valence-corrected chi connectivity index (χ1v) is 7.75. The van der Waals surface area contributed by atoms with Crippen LogP contribution in [0.2, 0.25) is 0 Å². The summed E-state index contributed by atoms with van der Waals surface area (Å²) in [6, 6.07) is 7.56. The first kappa shape index (κ1) is 15.5. The molecular formula is C15H20N4OS. The van der Waals surface area contributed by atoms with Gasteiger partial charge >= 0.3 is 0 Å². The zero-order valence-electron chi connectivity index (χ0n) is 12.3. The van der Waals surface area contributed by atoms with Crippen LogP contribution in [0.1, 0.15) is 39.2 Å². The highest BCUT2D eigenvalue weighted by atomic mass is 32.1. The molecule has 0 unspecified atom stereocenters. The van der Waals surface area contributed by atoms with Gasteiger partial charge in [0.2, 0.25) is 0 Å². The van der Waals surface area contributed by atoms with Crippen molar-refractivity contribution < 1.29 is 4.79 Å². The van der Waals surface area contributed by atoms with Gasteiger partial charge in [0.25, 0.3) is 5.91 Å². The number of nitrogens with two attached hydrogens (primary N) is 1. The lowest BCUT2D eigenvalue weighted by Crippen LogP contribution is -2.23. The number of aryl methyl sites for hydroxylation is 2. The van der Waals surface area contributed by atoms with Gasteiger partial charge < -0.3 is 10.7 Å². The van der Waals surface area contributed by atoms with Crippen molar-refractivity contribution in [3.63, 3.8) is 0 Å². The summed E-state index contributed by atoms with van der Waals surface area (Å²) >= 11 is 1.68. The summed E-state index contributed by atoms with van der Waals surface area (Å²) < 4.78 is 0. The number of aromatic nitrogens is 1. The summed E-state index contributed by atoms with van der Waals surface area (Å²) in [6.07, 6.45) is 1.79. The third-order valence-electron chi connectivity index (χ3n) is 3.01. The number of nitrogens with zero attached hydrogens (tertiary/aromatic N) is 1. The second-order valence-electron chi connectivity index (χ2n) is 4.82. The lowest BCUT2D eigenvalue weighted by molar-refractivity contribution is 0.0951. The minimum atomic E-state index is -0.114. The van der Waals surface area contributed by atoms with Gasteiger partial charge in [-0.05, 0) is 37.6 Å². The summed E-state index contributed by atoms with van der Waals surface area (Å²) in [5, 5.41) is 2.92. The van der Waals surface area contributed by atoms with Crippen LogP contribution in [0.3, 0.4) is 0 Å². The fourth-order valence-electron chi connectivity index (χ4n) is 2.03. The molecule has 0 aromatic carbocycles. The van der Waals surface area contributed by atoms with Crippen molar-refractivity contribution in [1.29, 1.82) is 0 Å². The summed E-state index contributed by atoms with van der Waals surface area (Å²) in [4.78, 5) is 19.0. The fourth-order valence-corrected chi connectivity index (χ4v) is 2.86. The van der Waals surface area contributed by atoms with Crippen molar-refractivity contribution in [2.24, 2.45) is 5.84 Å². The number of hydrogen-bond donors (Lipinski definition) is 3. The van der Waals surface area contributed by atoms with Gasteiger partial charge in [-0.2, -0.15) is 0 Å². The van der Waals surface area contributed by atoms with Gasteiger partial charge in [-0.25, -0.2) is 10.8 Å². The molecule has 6 heteroatoms. The molecule has 0 aliphatic carbocycles. The second-order valence-corrected chi connectivity index (χ2v) is 6.19. The molecule has 0 fully saturated rings. The van der Waals surface area contributed by atoms with Crippen LogP contribution in [-0.4, -0.2) is 10.9 Å². The van der Waals surface area contributed by atoms with Crippen LogP contribution >= 0.6 is 11.3 Å². The molecule has 112 valence electrons. The van der Waals surface area contributed by atoms with Gasteiger partial charge in [-0.1, -0.05) is 13.3 Å². The molecule has 0 aliphatic rings. The minimum Gasteiger partial charge on any atom is -0.347 e. The Kier molecular flexibility index (Phi) is 5.30. The lowest BCUT2D eigenvalue weighted by atomic mass is 10.1. The summed E-state index contributed by atoms with van der Waals surface area (Å²) in [5.74, 6) is 5.81. The highest BCUT2D eigenvalue weighted by Crippen LogP contribution is 2.15. The summed E-state index contributed by atoms with van der Waals surface area (Å²) in [7, 11) is 0. The minimum absolute atomic E-state index is 0.114. The number of nitrogen functional groups attached to an aromatic ring is 1. The van der Waals surface area contributed by atoms with Gasteiger partial charge in [0, 0.05) is 21.0 Å². The van der Waals surface area contributed by atoms with E-state index in [9.17, 15) is 4.79 Å². The number of nitrogens with one attached hydrogen (secondary N) is 2. The molecule has 0 radical (unpaired) electrons. The van der Waals surface area contributed by atoms with Gasteiger partial charge in [0.1, 0.15) is 5.82 Å². The molecule has 0 spiro atoms. The van der Waals surface area contributed by atoms with Crippen LogP contribution < -0.4 is 16.6 Å². The van der Waals surface area contributed by atoms with Crippen LogP contribution in [0, 0.1) is 6.92 Å². The normalized spacial score (nSPS) is 10.4. The van der Waals surface area contributed by atoms with Gasteiger partial charge in [0.05, 0.1) is 6.54 Å². The van der Waals surface area contributed by atoms with Gasteiger partial charge in [-0.3, -0.25) is 4.79 Å². The van der Waals surface area contributed by atoms with Gasteiger partial charge in [0.15, 0.2) is 0 Å². The number of anilines is 1. The van der Waals surface area contributed by atoms with E-state index in [1.54, 1.807) is 17.4 Å². The maximum Gasteiger partial charge on any atom is 0.251 e. The van der Waals surface area contributed by atoms with Crippen LogP contribution in [-0.2, 0) is 13.0 Å². The molecule has 4 N–H and O–H groups in total. The highest BCUT2D eigenvalue weighted by Gasteiger charge is 2.10. The molecule has 2 aromatic heterocycles. The predicted octanol–water partition coefficient (Wildman–Crippen LogP) is 2.62. The van der Waals surface area contributed by atoms with E-state index in [0.717, 1.165) is 23.4 Å². The SMILES string of the molecule is CCCc1cc(C(=O)NCc2ccc(C)s2)cc(NN)n1. The lowest BCUT2D eigenvalue weighted by Gasteiger charge is -2.08. The number of amides is 1. The Hall–Kier alpha value is -1.92. The second kappa shape index (κ2) is 7.19. The molecule has 5 nitrogen and oxygen atoms in total. The van der Waals surface area contributed by atoms with E-state index < -0.39 is 0 Å². The first-order valence-electron chi connectivity index (χ1n) is 6.93.